The number of rotatable bonds is 3. The third-order valence-electron chi connectivity index (χ3n) is 2.60. The van der Waals surface area contributed by atoms with Gasteiger partial charge in [0.05, 0.1) is 5.69 Å². The number of carboxylic acids is 1. The summed E-state index contributed by atoms with van der Waals surface area (Å²) < 4.78 is 18.5. The van der Waals surface area contributed by atoms with E-state index in [1.165, 1.54) is 12.1 Å². The van der Waals surface area contributed by atoms with Crippen molar-refractivity contribution in [3.05, 3.63) is 35.7 Å². The Hall–Kier alpha value is -2.54. The highest BCUT2D eigenvalue weighted by Gasteiger charge is 2.28. The number of hydrogen-bond donors (Lipinski definition) is 1. The van der Waals surface area contributed by atoms with E-state index >= 15 is 0 Å². The molecular formula is C13H10FNO5. The van der Waals surface area contributed by atoms with Crippen molar-refractivity contribution in [3.8, 4) is 0 Å². The SMILES string of the molecule is O=C(O)C=Cc1ccc(N2C(=O)COCC2=O)cc1F. The van der Waals surface area contributed by atoms with Gasteiger partial charge >= 0.3 is 5.97 Å². The monoisotopic (exact) mass is 279 g/mol. The van der Waals surface area contributed by atoms with Gasteiger partial charge in [-0.3, -0.25) is 9.59 Å². The molecule has 1 fully saturated rings. The second-order valence-electron chi connectivity index (χ2n) is 3.99. The Kier molecular flexibility index (Phi) is 3.90. The number of amides is 2. The third kappa shape index (κ3) is 2.89. The molecular weight excluding hydrogens is 269 g/mol. The largest absolute Gasteiger partial charge is 0.478 e. The highest BCUT2D eigenvalue weighted by molar-refractivity contribution is 6.17. The van der Waals surface area contributed by atoms with Crippen LogP contribution in [0.25, 0.3) is 6.08 Å². The molecule has 2 amide bonds. The molecule has 1 aliphatic rings. The maximum absolute atomic E-state index is 13.8. The Bertz CT molecular complexity index is 595. The van der Waals surface area contributed by atoms with E-state index in [-0.39, 0.29) is 24.5 Å². The van der Waals surface area contributed by atoms with Crippen LogP contribution in [0, 0.1) is 5.82 Å². The lowest BCUT2D eigenvalue weighted by Gasteiger charge is -2.25. The zero-order chi connectivity index (χ0) is 14.7. The number of halogens is 1. The van der Waals surface area contributed by atoms with Gasteiger partial charge in [-0.05, 0) is 24.3 Å². The van der Waals surface area contributed by atoms with Gasteiger partial charge in [0.2, 0.25) is 0 Å². The molecule has 104 valence electrons. The number of carboxylic acid groups (broad SMARTS) is 1. The molecule has 0 bridgehead atoms. The first-order chi connectivity index (χ1) is 9.49. The minimum Gasteiger partial charge on any atom is -0.478 e. The number of carbonyl (C=O) groups is 3. The molecule has 0 radical (unpaired) electrons. The van der Waals surface area contributed by atoms with Crippen molar-refractivity contribution >= 4 is 29.5 Å². The van der Waals surface area contributed by atoms with Crippen LogP contribution in [0.2, 0.25) is 0 Å². The predicted octanol–water partition coefficient (Wildman–Crippen LogP) is 0.813. The molecule has 2 rings (SSSR count). The molecule has 20 heavy (non-hydrogen) atoms. The molecule has 7 heteroatoms. The number of nitrogens with zero attached hydrogens (tertiary/aromatic N) is 1. The Balaban J connectivity index is 2.30. The Labute approximate surface area is 113 Å². The van der Waals surface area contributed by atoms with Crippen LogP contribution < -0.4 is 4.90 Å². The number of imide groups is 1. The average molecular weight is 279 g/mol. The summed E-state index contributed by atoms with van der Waals surface area (Å²) in [6.07, 6.45) is 1.88. The van der Waals surface area contributed by atoms with E-state index in [1.807, 2.05) is 0 Å². The van der Waals surface area contributed by atoms with Crippen molar-refractivity contribution in [1.29, 1.82) is 0 Å². The first-order valence-corrected chi connectivity index (χ1v) is 5.63. The second-order valence-corrected chi connectivity index (χ2v) is 3.99. The van der Waals surface area contributed by atoms with Crippen LogP contribution >= 0.6 is 0 Å². The van der Waals surface area contributed by atoms with E-state index in [0.29, 0.717) is 0 Å². The van der Waals surface area contributed by atoms with Gasteiger partial charge < -0.3 is 9.84 Å². The lowest BCUT2D eigenvalue weighted by atomic mass is 10.1. The molecule has 0 atom stereocenters. The number of morpholine rings is 1. The molecule has 0 unspecified atom stereocenters. The van der Waals surface area contributed by atoms with Crippen LogP contribution in [0.1, 0.15) is 5.56 Å². The Morgan fingerprint density at radius 1 is 1.30 bits per heavy atom. The number of anilines is 1. The van der Waals surface area contributed by atoms with E-state index in [9.17, 15) is 18.8 Å². The first-order valence-electron chi connectivity index (χ1n) is 5.63. The van der Waals surface area contributed by atoms with Gasteiger partial charge in [0.15, 0.2) is 0 Å². The molecule has 1 N–H and O–H groups in total. The van der Waals surface area contributed by atoms with Crippen molar-refractivity contribution in [2.75, 3.05) is 18.1 Å². The van der Waals surface area contributed by atoms with Gasteiger partial charge in [-0.2, -0.15) is 0 Å². The highest BCUT2D eigenvalue weighted by Crippen LogP contribution is 2.21. The maximum atomic E-state index is 13.8. The lowest BCUT2D eigenvalue weighted by molar-refractivity contribution is -0.138. The molecule has 1 aromatic carbocycles. The van der Waals surface area contributed by atoms with Crippen molar-refractivity contribution in [1.82, 2.24) is 0 Å². The summed E-state index contributed by atoms with van der Waals surface area (Å²) in [5, 5.41) is 8.47. The van der Waals surface area contributed by atoms with Crippen LogP contribution in [-0.4, -0.2) is 36.1 Å². The standard InChI is InChI=1S/C13H10FNO5/c14-10-5-9(3-1-8(10)2-4-13(18)19)15-11(16)6-20-7-12(15)17/h1-5H,6-7H2,(H,18,19). The molecule has 0 saturated carbocycles. The normalized spacial score (nSPS) is 15.9. The van der Waals surface area contributed by atoms with E-state index in [2.05, 4.69) is 0 Å². The zero-order valence-corrected chi connectivity index (χ0v) is 10.2. The quantitative estimate of drug-likeness (QED) is 0.654. The Morgan fingerprint density at radius 3 is 2.50 bits per heavy atom. The van der Waals surface area contributed by atoms with E-state index in [1.54, 1.807) is 0 Å². The predicted molar refractivity (Wildman–Crippen MR) is 66.4 cm³/mol. The summed E-state index contributed by atoms with van der Waals surface area (Å²) in [5.41, 5.74) is 0.137. The van der Waals surface area contributed by atoms with Crippen molar-refractivity contribution in [2.45, 2.75) is 0 Å². The summed E-state index contributed by atoms with van der Waals surface area (Å²) in [6.45, 7) is -0.484. The minimum absolute atomic E-state index is 0.0457. The molecule has 1 saturated heterocycles. The fourth-order valence-electron chi connectivity index (χ4n) is 1.73. The van der Waals surface area contributed by atoms with Crippen LogP contribution in [0.3, 0.4) is 0 Å². The van der Waals surface area contributed by atoms with Crippen LogP contribution in [-0.2, 0) is 19.1 Å². The van der Waals surface area contributed by atoms with Crippen molar-refractivity contribution < 1.29 is 28.6 Å². The highest BCUT2D eigenvalue weighted by atomic mass is 19.1. The van der Waals surface area contributed by atoms with Gasteiger partial charge in [0.25, 0.3) is 11.8 Å². The number of ether oxygens (including phenoxy) is 1. The summed E-state index contributed by atoms with van der Waals surface area (Å²) >= 11 is 0. The van der Waals surface area contributed by atoms with Crippen LogP contribution in [0.15, 0.2) is 24.3 Å². The number of benzene rings is 1. The summed E-state index contributed by atoms with van der Waals surface area (Å²) in [5.74, 6) is -3.08. The van der Waals surface area contributed by atoms with E-state index in [0.717, 1.165) is 23.1 Å². The zero-order valence-electron chi connectivity index (χ0n) is 10.2. The second kappa shape index (κ2) is 5.62. The number of hydrogen-bond acceptors (Lipinski definition) is 4. The lowest BCUT2D eigenvalue weighted by Crippen LogP contribution is -2.46. The van der Waals surface area contributed by atoms with Crippen molar-refractivity contribution in [2.24, 2.45) is 0 Å². The van der Waals surface area contributed by atoms with Crippen LogP contribution in [0.5, 0.6) is 0 Å². The summed E-state index contributed by atoms with van der Waals surface area (Å²) in [6, 6.07) is 3.66. The van der Waals surface area contributed by atoms with Crippen LogP contribution in [0.4, 0.5) is 10.1 Å². The van der Waals surface area contributed by atoms with Gasteiger partial charge in [-0.1, -0.05) is 0 Å². The van der Waals surface area contributed by atoms with Gasteiger partial charge in [0.1, 0.15) is 19.0 Å². The fourth-order valence-corrected chi connectivity index (χ4v) is 1.73. The summed E-state index contributed by atoms with van der Waals surface area (Å²) in [7, 11) is 0. The molecule has 0 aromatic heterocycles. The van der Waals surface area contributed by atoms with E-state index in [4.69, 9.17) is 9.84 Å². The number of carbonyl (C=O) groups excluding carboxylic acids is 2. The molecule has 1 aliphatic heterocycles. The first kappa shape index (κ1) is 13.9. The topological polar surface area (TPSA) is 83.9 Å². The molecule has 1 heterocycles. The summed E-state index contributed by atoms with van der Waals surface area (Å²) in [4.78, 5) is 34.4. The molecule has 6 nitrogen and oxygen atoms in total. The smallest absolute Gasteiger partial charge is 0.328 e. The molecule has 0 spiro atoms. The third-order valence-corrected chi connectivity index (χ3v) is 2.60. The Morgan fingerprint density at radius 2 is 1.95 bits per heavy atom. The molecule has 1 aromatic rings. The van der Waals surface area contributed by atoms with E-state index < -0.39 is 23.6 Å². The average Bonchev–Trinajstić information content (AvgIpc) is 2.37. The van der Waals surface area contributed by atoms with Crippen molar-refractivity contribution in [3.63, 3.8) is 0 Å². The van der Waals surface area contributed by atoms with Gasteiger partial charge in [0, 0.05) is 11.6 Å². The number of aliphatic carboxylic acids is 1. The maximum Gasteiger partial charge on any atom is 0.328 e. The fraction of sp³-hybridized carbons (Fsp3) is 0.154. The van der Waals surface area contributed by atoms with Gasteiger partial charge in [-0.15, -0.1) is 0 Å². The molecule has 0 aliphatic carbocycles. The minimum atomic E-state index is -1.20. The van der Waals surface area contributed by atoms with Gasteiger partial charge in [-0.25, -0.2) is 14.1 Å².